The van der Waals surface area contributed by atoms with Crippen LogP contribution in [-0.2, 0) is 4.79 Å². The molecule has 0 saturated heterocycles. The fraction of sp³-hybridized carbons (Fsp3) is 0.143. The quantitative estimate of drug-likeness (QED) is 0.284. The molecule has 9 heteroatoms. The fourth-order valence-corrected chi connectivity index (χ4v) is 2.46. The maximum absolute atomic E-state index is 12.0. The Bertz CT molecular complexity index is 738. The van der Waals surface area contributed by atoms with Gasteiger partial charge in [-0.15, -0.1) is 0 Å². The van der Waals surface area contributed by atoms with Gasteiger partial charge in [0, 0.05) is 18.2 Å². The van der Waals surface area contributed by atoms with Crippen LogP contribution in [0.25, 0.3) is 0 Å². The first-order chi connectivity index (χ1) is 11.0. The molecule has 0 saturated carbocycles. The third kappa shape index (κ3) is 4.33. The van der Waals surface area contributed by atoms with Crippen molar-refractivity contribution < 1.29 is 19.2 Å². The van der Waals surface area contributed by atoms with Crippen LogP contribution >= 0.6 is 11.8 Å². The van der Waals surface area contributed by atoms with Crippen LogP contribution in [0.15, 0.2) is 47.6 Å². The molecule has 2 rings (SSSR count). The summed E-state index contributed by atoms with van der Waals surface area (Å²) in [6, 6.07) is 8.81. The Morgan fingerprint density at radius 2 is 2.17 bits per heavy atom. The van der Waals surface area contributed by atoms with Gasteiger partial charge in [-0.05, 0) is 23.9 Å². The third-order valence-corrected chi connectivity index (χ3v) is 3.83. The summed E-state index contributed by atoms with van der Waals surface area (Å²) in [6.45, 7) is 0. The molecule has 0 aliphatic rings. The molecule has 120 valence electrons. The molecular formula is C14H13N3O5S. The Labute approximate surface area is 135 Å². The molecule has 8 nitrogen and oxygen atoms in total. The lowest BCUT2D eigenvalue weighted by atomic mass is 10.2. The van der Waals surface area contributed by atoms with E-state index in [1.165, 1.54) is 31.5 Å². The average molecular weight is 335 g/mol. The van der Waals surface area contributed by atoms with Gasteiger partial charge in [0.2, 0.25) is 5.91 Å². The average Bonchev–Trinajstić information content (AvgIpc) is 2.54. The maximum Gasteiger partial charge on any atom is 0.273 e. The number of nitro benzene ring substituents is 1. The lowest BCUT2D eigenvalue weighted by Gasteiger charge is -2.09. The van der Waals surface area contributed by atoms with Crippen LogP contribution in [0.1, 0.15) is 0 Å². The second kappa shape index (κ2) is 7.45. The van der Waals surface area contributed by atoms with Crippen LogP contribution in [0, 0.1) is 15.3 Å². The smallest absolute Gasteiger partial charge is 0.273 e. The van der Waals surface area contributed by atoms with Crippen molar-refractivity contribution in [3.05, 3.63) is 57.9 Å². The molecule has 1 amide bonds. The van der Waals surface area contributed by atoms with E-state index in [0.29, 0.717) is 15.4 Å². The lowest BCUT2D eigenvalue weighted by molar-refractivity contribution is -0.645. The zero-order valence-electron chi connectivity index (χ0n) is 12.1. The van der Waals surface area contributed by atoms with Gasteiger partial charge in [-0.3, -0.25) is 14.9 Å². The number of amides is 1. The number of non-ortho nitro benzene ring substituents is 1. The number of nitrogens with one attached hydrogen (secondary N) is 1. The van der Waals surface area contributed by atoms with Gasteiger partial charge >= 0.3 is 0 Å². The van der Waals surface area contributed by atoms with Gasteiger partial charge in [-0.1, -0.05) is 0 Å². The molecule has 0 bridgehead atoms. The van der Waals surface area contributed by atoms with E-state index >= 15 is 0 Å². The monoisotopic (exact) mass is 335 g/mol. The van der Waals surface area contributed by atoms with Crippen molar-refractivity contribution in [2.45, 2.75) is 5.03 Å². The highest BCUT2D eigenvalue weighted by molar-refractivity contribution is 7.99. The summed E-state index contributed by atoms with van der Waals surface area (Å²) in [5, 5.41) is 25.2. The standard InChI is InChI=1S/C14H13N3O5S/c1-22-12-8-10(17(20)21)5-6-11(12)15-13(18)9-23-14-4-2-3-7-16(14)19/h2-8H,9H2,1H3,(H,15,18). The molecule has 0 atom stereocenters. The summed E-state index contributed by atoms with van der Waals surface area (Å²) in [4.78, 5) is 22.1. The van der Waals surface area contributed by atoms with Gasteiger partial charge < -0.3 is 15.3 Å². The third-order valence-electron chi connectivity index (χ3n) is 2.81. The number of thioether (sulfide) groups is 1. The van der Waals surface area contributed by atoms with Gasteiger partial charge in [0.15, 0.2) is 6.20 Å². The van der Waals surface area contributed by atoms with E-state index in [1.807, 2.05) is 0 Å². The molecule has 0 radical (unpaired) electrons. The van der Waals surface area contributed by atoms with E-state index in [-0.39, 0.29) is 23.1 Å². The number of aromatic nitrogens is 1. The van der Waals surface area contributed by atoms with Crippen LogP contribution in [0.2, 0.25) is 0 Å². The number of nitrogens with zero attached hydrogens (tertiary/aromatic N) is 2. The number of carbonyl (C=O) groups is 1. The van der Waals surface area contributed by atoms with Crippen molar-refractivity contribution in [2.75, 3.05) is 18.2 Å². The van der Waals surface area contributed by atoms with Crippen LogP contribution in [0.4, 0.5) is 11.4 Å². The number of carbonyl (C=O) groups excluding carboxylic acids is 1. The van der Waals surface area contributed by atoms with E-state index < -0.39 is 4.92 Å². The molecule has 23 heavy (non-hydrogen) atoms. The largest absolute Gasteiger partial charge is 0.618 e. The first-order valence-electron chi connectivity index (χ1n) is 6.44. The molecule has 0 spiro atoms. The molecule has 0 unspecified atom stereocenters. The number of pyridine rings is 1. The first kappa shape index (κ1) is 16.6. The summed E-state index contributed by atoms with van der Waals surface area (Å²) < 4.78 is 5.71. The topological polar surface area (TPSA) is 108 Å². The fourth-order valence-electron chi connectivity index (χ4n) is 1.75. The number of hydrogen-bond acceptors (Lipinski definition) is 6. The van der Waals surface area contributed by atoms with Crippen LogP contribution in [0.5, 0.6) is 5.75 Å². The van der Waals surface area contributed by atoms with Crippen molar-refractivity contribution in [2.24, 2.45) is 0 Å². The highest BCUT2D eigenvalue weighted by Gasteiger charge is 2.14. The van der Waals surface area contributed by atoms with E-state index in [1.54, 1.807) is 18.2 Å². The first-order valence-corrected chi connectivity index (χ1v) is 7.43. The van der Waals surface area contributed by atoms with Gasteiger partial charge in [0.1, 0.15) is 5.75 Å². The van der Waals surface area contributed by atoms with Crippen molar-refractivity contribution in [1.82, 2.24) is 0 Å². The molecular weight excluding hydrogens is 322 g/mol. The number of rotatable bonds is 6. The summed E-state index contributed by atoms with van der Waals surface area (Å²) in [5.74, 6) is -0.144. The van der Waals surface area contributed by atoms with Crippen molar-refractivity contribution in [1.29, 1.82) is 0 Å². The molecule has 1 aromatic carbocycles. The van der Waals surface area contributed by atoms with Crippen molar-refractivity contribution in [3.8, 4) is 5.75 Å². The van der Waals surface area contributed by atoms with E-state index in [9.17, 15) is 20.1 Å². The summed E-state index contributed by atoms with van der Waals surface area (Å²) in [6.07, 6.45) is 1.35. The lowest BCUT2D eigenvalue weighted by Crippen LogP contribution is -2.28. The zero-order valence-corrected chi connectivity index (χ0v) is 12.9. The van der Waals surface area contributed by atoms with E-state index in [4.69, 9.17) is 4.74 Å². The van der Waals surface area contributed by atoms with Gasteiger partial charge in [-0.2, -0.15) is 4.73 Å². The Kier molecular flexibility index (Phi) is 5.36. The van der Waals surface area contributed by atoms with Gasteiger partial charge in [-0.25, -0.2) is 0 Å². The van der Waals surface area contributed by atoms with Crippen molar-refractivity contribution >= 4 is 29.0 Å². The van der Waals surface area contributed by atoms with Gasteiger partial charge in [0.05, 0.1) is 29.5 Å². The second-order valence-electron chi connectivity index (χ2n) is 4.34. The van der Waals surface area contributed by atoms with Crippen LogP contribution in [0.3, 0.4) is 0 Å². The van der Waals surface area contributed by atoms with E-state index in [0.717, 1.165) is 11.8 Å². The molecule has 0 aliphatic carbocycles. The Morgan fingerprint density at radius 1 is 1.39 bits per heavy atom. The number of hydrogen-bond donors (Lipinski definition) is 1. The summed E-state index contributed by atoms with van der Waals surface area (Å²) in [7, 11) is 1.35. The minimum atomic E-state index is -0.549. The molecule has 0 fully saturated rings. The minimum Gasteiger partial charge on any atom is -0.618 e. The second-order valence-corrected chi connectivity index (χ2v) is 5.34. The Balaban J connectivity index is 2.03. The minimum absolute atomic E-state index is 0.0202. The maximum atomic E-state index is 12.0. The zero-order chi connectivity index (χ0) is 16.8. The highest BCUT2D eigenvalue weighted by atomic mass is 32.2. The Hall–Kier alpha value is -2.81. The number of ether oxygens (including phenoxy) is 1. The Morgan fingerprint density at radius 3 is 2.83 bits per heavy atom. The predicted molar refractivity (Wildman–Crippen MR) is 84.4 cm³/mol. The molecule has 2 aromatic rings. The predicted octanol–water partition coefficient (Wildman–Crippen LogP) is 1.97. The summed E-state index contributed by atoms with van der Waals surface area (Å²) >= 11 is 1.09. The molecule has 0 aliphatic heterocycles. The molecule has 1 N–H and O–H groups in total. The molecule has 1 heterocycles. The number of nitro groups is 1. The van der Waals surface area contributed by atoms with Crippen molar-refractivity contribution in [3.63, 3.8) is 0 Å². The van der Waals surface area contributed by atoms with Crippen LogP contribution in [-0.4, -0.2) is 23.7 Å². The highest BCUT2D eigenvalue weighted by Crippen LogP contribution is 2.29. The van der Waals surface area contributed by atoms with Gasteiger partial charge in [0.25, 0.3) is 10.7 Å². The number of anilines is 1. The SMILES string of the molecule is COc1cc([N+](=O)[O-])ccc1NC(=O)CSc1cccc[n+]1[O-]. The van der Waals surface area contributed by atoms with E-state index in [2.05, 4.69) is 5.32 Å². The summed E-state index contributed by atoms with van der Waals surface area (Å²) in [5.41, 5.74) is 0.192. The van der Waals surface area contributed by atoms with Crippen LogP contribution < -0.4 is 14.8 Å². The number of methoxy groups -OCH3 is 1. The normalized spacial score (nSPS) is 10.1. The number of benzene rings is 1. The molecule has 1 aromatic heterocycles.